The molecule has 0 unspecified atom stereocenters. The minimum Gasteiger partial charge on any atom is -0.383 e. The molecule has 6 rings (SSSR count). The van der Waals surface area contributed by atoms with Crippen molar-refractivity contribution < 1.29 is 9.59 Å². The van der Waals surface area contributed by atoms with Gasteiger partial charge in [0.15, 0.2) is 5.65 Å². The molecular weight excluding hydrogens is 542 g/mol. The van der Waals surface area contributed by atoms with Crippen molar-refractivity contribution in [3.63, 3.8) is 0 Å². The van der Waals surface area contributed by atoms with Gasteiger partial charge >= 0.3 is 0 Å². The summed E-state index contributed by atoms with van der Waals surface area (Å²) in [6.45, 7) is 4.07. The third-order valence-electron chi connectivity index (χ3n) is 8.19. The number of nitrogens with zero attached hydrogens (tertiary/aromatic N) is 7. The molecule has 2 aliphatic rings. The van der Waals surface area contributed by atoms with Gasteiger partial charge < -0.3 is 16.0 Å². The molecule has 0 bridgehead atoms. The van der Waals surface area contributed by atoms with E-state index in [9.17, 15) is 9.59 Å². The van der Waals surface area contributed by atoms with Gasteiger partial charge in [-0.3, -0.25) is 14.5 Å². The number of hydrogen-bond donors (Lipinski definition) is 2. The maximum Gasteiger partial charge on any atom is 0.256 e. The molecule has 1 atom stereocenters. The van der Waals surface area contributed by atoms with Gasteiger partial charge in [-0.15, -0.1) is 0 Å². The van der Waals surface area contributed by atoms with Crippen LogP contribution in [0.3, 0.4) is 0 Å². The average Bonchev–Trinajstić information content (AvgIpc) is 3.62. The zero-order valence-corrected chi connectivity index (χ0v) is 24.6. The second-order valence-corrected chi connectivity index (χ2v) is 11.4. The largest absolute Gasteiger partial charge is 0.383 e. The van der Waals surface area contributed by atoms with Crippen LogP contribution in [0, 0.1) is 0 Å². The molecule has 4 aromatic rings. The first-order valence-corrected chi connectivity index (χ1v) is 14.9. The van der Waals surface area contributed by atoms with Gasteiger partial charge in [0.1, 0.15) is 23.7 Å². The molecule has 43 heavy (non-hydrogen) atoms. The molecule has 0 radical (unpaired) electrons. The van der Waals surface area contributed by atoms with Crippen molar-refractivity contribution in [3.05, 3.63) is 72.2 Å². The number of benzene rings is 1. The van der Waals surface area contributed by atoms with E-state index >= 15 is 0 Å². The molecule has 4 heterocycles. The zero-order chi connectivity index (χ0) is 29.9. The highest BCUT2D eigenvalue weighted by Crippen LogP contribution is 2.34. The predicted molar refractivity (Wildman–Crippen MR) is 166 cm³/mol. The van der Waals surface area contributed by atoms with Gasteiger partial charge in [0.25, 0.3) is 5.91 Å². The number of likely N-dealkylation sites (tertiary alicyclic amines) is 1. The molecule has 1 aliphatic heterocycles. The number of anilines is 2. The van der Waals surface area contributed by atoms with Gasteiger partial charge in [0, 0.05) is 49.1 Å². The van der Waals surface area contributed by atoms with Gasteiger partial charge in [-0.1, -0.05) is 31.6 Å². The number of amides is 2. The fourth-order valence-electron chi connectivity index (χ4n) is 5.64. The minimum absolute atomic E-state index is 0.0127. The molecule has 1 aliphatic carbocycles. The summed E-state index contributed by atoms with van der Waals surface area (Å²) in [5.74, 6) is 0.633. The second kappa shape index (κ2) is 12.3. The Morgan fingerprint density at radius 1 is 1.12 bits per heavy atom. The summed E-state index contributed by atoms with van der Waals surface area (Å²) in [5.41, 5.74) is 10.0. The van der Waals surface area contributed by atoms with E-state index in [0.717, 1.165) is 36.9 Å². The Balaban J connectivity index is 1.18. The number of nitrogens with one attached hydrogen (secondary N) is 1. The molecule has 2 fully saturated rings. The van der Waals surface area contributed by atoms with Crippen LogP contribution in [0.2, 0.25) is 0 Å². The smallest absolute Gasteiger partial charge is 0.256 e. The maximum atomic E-state index is 12.9. The number of pyridine rings is 1. The Morgan fingerprint density at radius 3 is 2.70 bits per heavy atom. The molecule has 3 aromatic heterocycles. The van der Waals surface area contributed by atoms with Crippen LogP contribution in [0.25, 0.3) is 22.3 Å². The van der Waals surface area contributed by atoms with Crippen molar-refractivity contribution in [1.29, 1.82) is 0 Å². The van der Waals surface area contributed by atoms with E-state index in [1.807, 2.05) is 39.9 Å². The van der Waals surface area contributed by atoms with Gasteiger partial charge in [-0.2, -0.15) is 5.10 Å². The summed E-state index contributed by atoms with van der Waals surface area (Å²) in [6.07, 6.45) is 12.0. The van der Waals surface area contributed by atoms with Crippen LogP contribution in [0.15, 0.2) is 61.1 Å². The Kier molecular flexibility index (Phi) is 8.15. The normalized spacial score (nSPS) is 16.9. The maximum absolute atomic E-state index is 12.9. The number of aromatic nitrogens is 5. The third kappa shape index (κ3) is 6.26. The molecule has 1 saturated heterocycles. The summed E-state index contributed by atoms with van der Waals surface area (Å²) in [5, 5.41) is 8.48. The highest BCUT2D eigenvalue weighted by molar-refractivity contribution is 6.04. The van der Waals surface area contributed by atoms with E-state index in [4.69, 9.17) is 10.8 Å². The van der Waals surface area contributed by atoms with Crippen LogP contribution in [0.5, 0.6) is 0 Å². The van der Waals surface area contributed by atoms with E-state index in [-0.39, 0.29) is 17.9 Å². The topological polar surface area (TPSA) is 135 Å². The van der Waals surface area contributed by atoms with Crippen molar-refractivity contribution in [1.82, 2.24) is 34.5 Å². The first kappa shape index (κ1) is 28.5. The van der Waals surface area contributed by atoms with Crippen molar-refractivity contribution in [2.45, 2.75) is 51.1 Å². The number of nitrogen functional groups attached to an aromatic ring is 1. The van der Waals surface area contributed by atoms with Gasteiger partial charge in [-0.05, 0) is 62.6 Å². The summed E-state index contributed by atoms with van der Waals surface area (Å²) in [6, 6.07) is 11.7. The molecule has 0 spiro atoms. The Labute approximate surface area is 250 Å². The fourth-order valence-corrected chi connectivity index (χ4v) is 5.64. The zero-order valence-electron chi connectivity index (χ0n) is 24.6. The van der Waals surface area contributed by atoms with Gasteiger partial charge in [0.05, 0.1) is 11.4 Å². The number of rotatable bonds is 10. The molecule has 11 nitrogen and oxygen atoms in total. The van der Waals surface area contributed by atoms with Crippen molar-refractivity contribution >= 4 is 34.5 Å². The number of likely N-dealkylation sites (N-methyl/N-ethyl adjacent to an activating group) is 1. The molecule has 11 heteroatoms. The van der Waals surface area contributed by atoms with E-state index in [1.54, 1.807) is 24.4 Å². The van der Waals surface area contributed by atoms with Crippen LogP contribution in [-0.2, 0) is 11.2 Å². The van der Waals surface area contributed by atoms with Crippen molar-refractivity contribution in [3.8, 4) is 11.3 Å². The number of aryl methyl sites for hydroxylation is 1. The quantitative estimate of drug-likeness (QED) is 0.268. The Bertz CT molecular complexity index is 1660. The fraction of sp³-hybridized carbons (Fsp3) is 0.375. The van der Waals surface area contributed by atoms with Crippen LogP contribution in [0.4, 0.5) is 11.6 Å². The molecule has 1 saturated carbocycles. The highest BCUT2D eigenvalue weighted by Gasteiger charge is 2.30. The second-order valence-electron chi connectivity index (χ2n) is 11.4. The van der Waals surface area contributed by atoms with Gasteiger partial charge in [-0.25, -0.2) is 19.6 Å². The van der Waals surface area contributed by atoms with Crippen molar-refractivity contribution in [2.24, 2.45) is 0 Å². The van der Waals surface area contributed by atoms with Crippen LogP contribution in [0.1, 0.15) is 54.6 Å². The van der Waals surface area contributed by atoms with Gasteiger partial charge in [0.2, 0.25) is 5.91 Å². The molecular formula is C32H37N9O2. The highest BCUT2D eigenvalue weighted by atomic mass is 16.2. The SMILES string of the molecule is CCCc1ccnc(NC(=O)c2ccc(-c3nn([C@@H]4CCN(C(=O)/C=C/CN(C)C5CC5)C4)c4ncnc(N)c34)cc2)c1. The van der Waals surface area contributed by atoms with Crippen LogP contribution < -0.4 is 11.1 Å². The number of fused-ring (bicyclic) bond motifs is 1. The lowest BCUT2D eigenvalue weighted by Crippen LogP contribution is -2.28. The predicted octanol–water partition coefficient (Wildman–Crippen LogP) is 4.10. The lowest BCUT2D eigenvalue weighted by Gasteiger charge is -2.16. The number of carbonyl (C=O) groups is 2. The third-order valence-corrected chi connectivity index (χ3v) is 8.19. The summed E-state index contributed by atoms with van der Waals surface area (Å²) >= 11 is 0. The standard InChI is InChI=1S/C32H37N9O2/c1-3-5-21-13-15-34-26(18-21)37-32(43)23-9-7-22(8-10-23)29-28-30(33)35-20-36-31(28)41(38-29)25-14-17-40(19-25)27(42)6-4-16-39(2)24-11-12-24/h4,6-10,13,15,18,20,24-25H,3,5,11-12,14,16-17,19H2,1-2H3,(H2,33,35,36)(H,34,37,43)/b6-4+/t25-/m1/s1. The van der Waals surface area contributed by atoms with E-state index in [2.05, 4.69) is 39.1 Å². The van der Waals surface area contributed by atoms with E-state index in [1.165, 1.54) is 19.2 Å². The molecule has 2 amide bonds. The van der Waals surface area contributed by atoms with Crippen LogP contribution in [-0.4, -0.2) is 79.1 Å². The summed E-state index contributed by atoms with van der Waals surface area (Å²) < 4.78 is 1.87. The Hall–Kier alpha value is -4.64. The first-order valence-electron chi connectivity index (χ1n) is 14.9. The van der Waals surface area contributed by atoms with E-state index in [0.29, 0.717) is 53.1 Å². The van der Waals surface area contributed by atoms with E-state index < -0.39 is 0 Å². The number of nitrogens with two attached hydrogens (primary N) is 1. The monoisotopic (exact) mass is 579 g/mol. The molecule has 1 aromatic carbocycles. The number of hydrogen-bond acceptors (Lipinski definition) is 8. The first-order chi connectivity index (χ1) is 20.9. The lowest BCUT2D eigenvalue weighted by molar-refractivity contribution is -0.125. The summed E-state index contributed by atoms with van der Waals surface area (Å²) in [4.78, 5) is 43.0. The minimum atomic E-state index is -0.241. The average molecular weight is 580 g/mol. The van der Waals surface area contributed by atoms with Crippen molar-refractivity contribution in [2.75, 3.05) is 37.7 Å². The molecule has 3 N–H and O–H groups in total. The lowest BCUT2D eigenvalue weighted by atomic mass is 10.1. The summed E-state index contributed by atoms with van der Waals surface area (Å²) in [7, 11) is 2.10. The Morgan fingerprint density at radius 2 is 1.93 bits per heavy atom. The number of carbonyl (C=O) groups excluding carboxylic acids is 2. The molecule has 222 valence electrons. The van der Waals surface area contributed by atoms with Crippen LogP contribution >= 0.6 is 0 Å².